The Hall–Kier alpha value is -0.0400. The molecule has 2 atom stereocenters. The van der Waals surface area contributed by atoms with Gasteiger partial charge >= 0.3 is 0 Å². The van der Waals surface area contributed by atoms with Crippen LogP contribution in [0.15, 0.2) is 0 Å². The maximum atomic E-state index is 8.90. The molecule has 0 radical (unpaired) electrons. The van der Waals surface area contributed by atoms with Crippen molar-refractivity contribution in [1.29, 1.82) is 0 Å². The molecule has 0 bridgehead atoms. The lowest BCUT2D eigenvalue weighted by molar-refractivity contribution is 0.174. The van der Waals surface area contributed by atoms with E-state index in [1.165, 1.54) is 6.42 Å². The second-order valence-corrected chi connectivity index (χ2v) is 2.94. The van der Waals surface area contributed by atoms with Crippen LogP contribution in [0.2, 0.25) is 0 Å². The predicted molar refractivity (Wildman–Crippen MR) is 40.4 cm³/mol. The second-order valence-electron chi connectivity index (χ2n) is 2.94. The monoisotopic (exact) mass is 130 g/mol. The van der Waals surface area contributed by atoms with Crippen LogP contribution in [0, 0.1) is 5.92 Å². The molecule has 0 heterocycles. The van der Waals surface area contributed by atoms with Crippen molar-refractivity contribution in [2.24, 2.45) is 5.92 Å². The van der Waals surface area contributed by atoms with Crippen molar-refractivity contribution in [3.05, 3.63) is 0 Å². The zero-order valence-electron chi connectivity index (χ0n) is 6.72. The fourth-order valence-electron chi connectivity index (χ4n) is 0.730. The van der Waals surface area contributed by atoms with Gasteiger partial charge in [0.25, 0.3) is 0 Å². The molecule has 1 N–H and O–H groups in total. The minimum absolute atomic E-state index is 0.112. The first-order valence-corrected chi connectivity index (χ1v) is 3.84. The zero-order chi connectivity index (χ0) is 7.28. The molecule has 0 rings (SSSR count). The molecule has 1 nitrogen and oxygen atoms in total. The summed E-state index contributed by atoms with van der Waals surface area (Å²) in [4.78, 5) is 0. The summed E-state index contributed by atoms with van der Waals surface area (Å²) in [5.41, 5.74) is 0. The lowest BCUT2D eigenvalue weighted by Gasteiger charge is -2.08. The highest BCUT2D eigenvalue weighted by molar-refractivity contribution is 4.53. The highest BCUT2D eigenvalue weighted by atomic mass is 16.3. The average molecular weight is 130 g/mol. The Balaban J connectivity index is 3.06. The Labute approximate surface area is 58.1 Å². The van der Waals surface area contributed by atoms with Crippen molar-refractivity contribution in [3.8, 4) is 0 Å². The van der Waals surface area contributed by atoms with Crippen LogP contribution in [0.5, 0.6) is 0 Å². The quantitative estimate of drug-likeness (QED) is 0.618. The predicted octanol–water partition coefficient (Wildman–Crippen LogP) is 2.19. The average Bonchev–Trinajstić information content (AvgIpc) is 1.83. The summed E-state index contributed by atoms with van der Waals surface area (Å²) in [5.74, 6) is 0.777. The van der Waals surface area contributed by atoms with Gasteiger partial charge in [-0.05, 0) is 25.7 Å². The molecular formula is C8H18O. The summed E-state index contributed by atoms with van der Waals surface area (Å²) >= 11 is 0. The van der Waals surface area contributed by atoms with Crippen molar-refractivity contribution in [2.45, 2.75) is 46.1 Å². The Morgan fingerprint density at radius 2 is 1.78 bits per heavy atom. The molecule has 56 valence electrons. The molecule has 0 aromatic rings. The molecular weight excluding hydrogens is 112 g/mol. The van der Waals surface area contributed by atoms with Crippen molar-refractivity contribution >= 4 is 0 Å². The van der Waals surface area contributed by atoms with E-state index in [9.17, 15) is 0 Å². The van der Waals surface area contributed by atoms with E-state index in [2.05, 4.69) is 13.8 Å². The van der Waals surface area contributed by atoms with Gasteiger partial charge in [0.05, 0.1) is 6.10 Å². The van der Waals surface area contributed by atoms with Gasteiger partial charge in [0.2, 0.25) is 0 Å². The molecule has 0 aliphatic carbocycles. The van der Waals surface area contributed by atoms with Crippen LogP contribution in [0.4, 0.5) is 0 Å². The van der Waals surface area contributed by atoms with E-state index >= 15 is 0 Å². The normalized spacial score (nSPS) is 17.3. The van der Waals surface area contributed by atoms with Crippen LogP contribution in [-0.2, 0) is 0 Å². The van der Waals surface area contributed by atoms with Gasteiger partial charge in [0.1, 0.15) is 0 Å². The van der Waals surface area contributed by atoms with Crippen LogP contribution in [0.3, 0.4) is 0 Å². The summed E-state index contributed by atoms with van der Waals surface area (Å²) in [6, 6.07) is 0. The lowest BCUT2D eigenvalue weighted by atomic mass is 10.0. The van der Waals surface area contributed by atoms with Crippen LogP contribution in [0.1, 0.15) is 40.0 Å². The third-order valence-electron chi connectivity index (χ3n) is 1.77. The highest BCUT2D eigenvalue weighted by Crippen LogP contribution is 2.10. The van der Waals surface area contributed by atoms with E-state index < -0.39 is 0 Å². The molecule has 0 amide bonds. The van der Waals surface area contributed by atoms with Crippen LogP contribution in [0.25, 0.3) is 0 Å². The molecule has 0 aromatic heterocycles. The summed E-state index contributed by atoms with van der Waals surface area (Å²) in [5, 5.41) is 8.90. The molecule has 9 heavy (non-hydrogen) atoms. The first-order valence-electron chi connectivity index (χ1n) is 3.84. The van der Waals surface area contributed by atoms with Crippen molar-refractivity contribution in [2.75, 3.05) is 0 Å². The zero-order valence-corrected chi connectivity index (χ0v) is 6.72. The van der Waals surface area contributed by atoms with Crippen LogP contribution < -0.4 is 0 Å². The molecule has 0 aliphatic rings. The topological polar surface area (TPSA) is 20.2 Å². The number of aliphatic hydroxyl groups excluding tert-OH is 1. The number of rotatable bonds is 4. The third-order valence-corrected chi connectivity index (χ3v) is 1.77. The summed E-state index contributed by atoms with van der Waals surface area (Å²) in [6.45, 7) is 6.26. The number of aliphatic hydroxyl groups is 1. The Bertz CT molecular complexity index is 59.6. The third kappa shape index (κ3) is 5.84. The molecule has 0 saturated carbocycles. The highest BCUT2D eigenvalue weighted by Gasteiger charge is 2.00. The van der Waals surface area contributed by atoms with E-state index in [1.807, 2.05) is 6.92 Å². The number of hydrogen-bond donors (Lipinski definition) is 1. The fourth-order valence-corrected chi connectivity index (χ4v) is 0.730. The van der Waals surface area contributed by atoms with Gasteiger partial charge < -0.3 is 5.11 Å². The maximum Gasteiger partial charge on any atom is 0.0512 e. The molecule has 0 spiro atoms. The van der Waals surface area contributed by atoms with E-state index in [4.69, 9.17) is 5.11 Å². The maximum absolute atomic E-state index is 8.90. The molecule has 0 aromatic carbocycles. The van der Waals surface area contributed by atoms with Gasteiger partial charge in [0, 0.05) is 0 Å². The van der Waals surface area contributed by atoms with Crippen molar-refractivity contribution < 1.29 is 5.11 Å². The molecule has 1 heteroatoms. The SMILES string of the molecule is CCC(C)CC[C@@H](C)O. The lowest BCUT2D eigenvalue weighted by Crippen LogP contribution is -2.02. The van der Waals surface area contributed by atoms with E-state index in [0.29, 0.717) is 0 Å². The van der Waals surface area contributed by atoms with E-state index in [1.54, 1.807) is 0 Å². The van der Waals surface area contributed by atoms with Gasteiger partial charge in [0.15, 0.2) is 0 Å². The van der Waals surface area contributed by atoms with E-state index in [-0.39, 0.29) is 6.10 Å². The van der Waals surface area contributed by atoms with Gasteiger partial charge in [-0.25, -0.2) is 0 Å². The first-order chi connectivity index (χ1) is 4.16. The summed E-state index contributed by atoms with van der Waals surface area (Å²) in [6.07, 6.45) is 3.23. The van der Waals surface area contributed by atoms with Gasteiger partial charge in [-0.2, -0.15) is 0 Å². The van der Waals surface area contributed by atoms with Gasteiger partial charge in [-0.3, -0.25) is 0 Å². The molecule has 0 aliphatic heterocycles. The Morgan fingerprint density at radius 3 is 2.11 bits per heavy atom. The minimum atomic E-state index is -0.112. The number of hydrogen-bond acceptors (Lipinski definition) is 1. The second kappa shape index (κ2) is 4.80. The molecule has 0 saturated heterocycles. The first kappa shape index (κ1) is 8.96. The van der Waals surface area contributed by atoms with Crippen LogP contribution in [-0.4, -0.2) is 11.2 Å². The van der Waals surface area contributed by atoms with Crippen molar-refractivity contribution in [3.63, 3.8) is 0 Å². The summed E-state index contributed by atoms with van der Waals surface area (Å²) in [7, 11) is 0. The van der Waals surface area contributed by atoms with E-state index in [0.717, 1.165) is 18.8 Å². The summed E-state index contributed by atoms with van der Waals surface area (Å²) < 4.78 is 0. The molecule has 0 fully saturated rings. The fraction of sp³-hybridized carbons (Fsp3) is 1.00. The van der Waals surface area contributed by atoms with Crippen molar-refractivity contribution in [1.82, 2.24) is 0 Å². The Morgan fingerprint density at radius 1 is 1.22 bits per heavy atom. The molecule has 1 unspecified atom stereocenters. The van der Waals surface area contributed by atoms with Gasteiger partial charge in [-0.1, -0.05) is 20.3 Å². The largest absolute Gasteiger partial charge is 0.393 e. The Kier molecular flexibility index (Phi) is 4.78. The standard InChI is InChI=1S/C8H18O/c1-4-7(2)5-6-8(3)9/h7-9H,4-6H2,1-3H3/t7?,8-/m1/s1. The van der Waals surface area contributed by atoms with Crippen LogP contribution >= 0.6 is 0 Å². The minimum Gasteiger partial charge on any atom is -0.393 e. The van der Waals surface area contributed by atoms with Gasteiger partial charge in [-0.15, -0.1) is 0 Å². The smallest absolute Gasteiger partial charge is 0.0512 e.